The fourth-order valence-corrected chi connectivity index (χ4v) is 3.46. The number of halogens is 1. The molecule has 130 valence electrons. The van der Waals surface area contributed by atoms with Gasteiger partial charge >= 0.3 is 0 Å². The second-order valence-electron chi connectivity index (χ2n) is 6.79. The van der Waals surface area contributed by atoms with E-state index in [2.05, 4.69) is 36.2 Å². The molecule has 0 bridgehead atoms. The predicted molar refractivity (Wildman–Crippen MR) is 99.1 cm³/mol. The molecule has 1 amide bonds. The van der Waals surface area contributed by atoms with Gasteiger partial charge in [0.15, 0.2) is 0 Å². The molecule has 1 unspecified atom stereocenters. The fourth-order valence-electron chi connectivity index (χ4n) is 3.46. The van der Waals surface area contributed by atoms with Gasteiger partial charge in [0, 0.05) is 13.1 Å². The van der Waals surface area contributed by atoms with Gasteiger partial charge < -0.3 is 10.2 Å². The van der Waals surface area contributed by atoms with Crippen LogP contribution in [0.4, 0.5) is 0 Å². The number of nitrogens with zero attached hydrogens (tertiary/aromatic N) is 1. The predicted octanol–water partition coefficient (Wildman–Crippen LogP) is 3.70. The van der Waals surface area contributed by atoms with Crippen molar-refractivity contribution in [3.63, 3.8) is 0 Å². The third-order valence-corrected chi connectivity index (χ3v) is 4.82. The number of piperidine rings is 1. The number of hydrogen-bond donors (Lipinski definition) is 1. The summed E-state index contributed by atoms with van der Waals surface area (Å²) >= 11 is 0. The molecule has 1 aromatic carbocycles. The molecule has 0 aromatic heterocycles. The van der Waals surface area contributed by atoms with Crippen molar-refractivity contribution in [3.8, 4) is 0 Å². The van der Waals surface area contributed by atoms with E-state index in [-0.39, 0.29) is 18.3 Å². The van der Waals surface area contributed by atoms with Crippen molar-refractivity contribution in [1.29, 1.82) is 0 Å². The largest absolute Gasteiger partial charge is 0.342 e. The van der Waals surface area contributed by atoms with Crippen LogP contribution in [0, 0.1) is 11.8 Å². The Balaban J connectivity index is 0.00000264. The van der Waals surface area contributed by atoms with Gasteiger partial charge in [-0.05, 0) is 50.3 Å². The summed E-state index contributed by atoms with van der Waals surface area (Å²) < 4.78 is 0. The second-order valence-corrected chi connectivity index (χ2v) is 6.79. The van der Waals surface area contributed by atoms with Crippen LogP contribution in [0.25, 0.3) is 0 Å². The molecule has 2 rings (SSSR count). The minimum atomic E-state index is -0.00458. The smallest absolute Gasteiger partial charge is 0.230 e. The van der Waals surface area contributed by atoms with Gasteiger partial charge in [-0.15, -0.1) is 12.4 Å². The molecule has 1 atom stereocenters. The van der Waals surface area contributed by atoms with Crippen molar-refractivity contribution >= 4 is 18.3 Å². The zero-order chi connectivity index (χ0) is 15.9. The number of carbonyl (C=O) groups is 1. The normalized spacial score (nSPS) is 17.0. The zero-order valence-electron chi connectivity index (χ0n) is 14.6. The summed E-state index contributed by atoms with van der Waals surface area (Å²) in [6.45, 7) is 7.22. The molecule has 0 aliphatic carbocycles. The van der Waals surface area contributed by atoms with Crippen molar-refractivity contribution in [2.75, 3.05) is 26.7 Å². The number of amides is 1. The maximum absolute atomic E-state index is 13.0. The zero-order valence-corrected chi connectivity index (χ0v) is 15.4. The Kier molecular flexibility index (Phi) is 8.64. The minimum absolute atomic E-state index is 0. The molecule has 0 saturated carbocycles. The van der Waals surface area contributed by atoms with E-state index >= 15 is 0 Å². The lowest BCUT2D eigenvalue weighted by Gasteiger charge is -2.35. The van der Waals surface area contributed by atoms with Gasteiger partial charge in [-0.1, -0.05) is 44.2 Å². The molecule has 0 spiro atoms. The van der Waals surface area contributed by atoms with Gasteiger partial charge in [0.1, 0.15) is 0 Å². The van der Waals surface area contributed by atoms with Crippen LogP contribution >= 0.6 is 12.4 Å². The van der Waals surface area contributed by atoms with Crippen LogP contribution in [0.15, 0.2) is 30.3 Å². The maximum atomic E-state index is 13.0. The highest BCUT2D eigenvalue weighted by Gasteiger charge is 2.30. The summed E-state index contributed by atoms with van der Waals surface area (Å²) in [5.41, 5.74) is 1.15. The van der Waals surface area contributed by atoms with Crippen LogP contribution in [-0.2, 0) is 4.79 Å². The Morgan fingerprint density at radius 3 is 2.35 bits per heavy atom. The molecule has 1 N–H and O–H groups in total. The molecule has 1 heterocycles. The van der Waals surface area contributed by atoms with E-state index in [0.717, 1.165) is 44.0 Å². The third-order valence-electron chi connectivity index (χ3n) is 4.82. The quantitative estimate of drug-likeness (QED) is 0.857. The lowest BCUT2D eigenvalue weighted by atomic mass is 9.86. The maximum Gasteiger partial charge on any atom is 0.230 e. The first kappa shape index (κ1) is 20.0. The van der Waals surface area contributed by atoms with Gasteiger partial charge in [0.25, 0.3) is 0 Å². The van der Waals surface area contributed by atoms with E-state index in [9.17, 15) is 4.79 Å². The summed E-state index contributed by atoms with van der Waals surface area (Å²) in [4.78, 5) is 15.1. The van der Waals surface area contributed by atoms with E-state index in [1.54, 1.807) is 0 Å². The molecule has 1 saturated heterocycles. The van der Waals surface area contributed by atoms with Crippen molar-refractivity contribution in [2.24, 2.45) is 11.8 Å². The van der Waals surface area contributed by atoms with E-state index in [1.807, 2.05) is 25.2 Å². The first-order valence-corrected chi connectivity index (χ1v) is 8.61. The minimum Gasteiger partial charge on any atom is -0.342 e. The summed E-state index contributed by atoms with van der Waals surface area (Å²) in [5.74, 6) is 1.41. The molecule has 1 aliphatic rings. The molecular weight excluding hydrogens is 308 g/mol. The summed E-state index contributed by atoms with van der Waals surface area (Å²) in [5, 5.41) is 3.22. The lowest BCUT2D eigenvalue weighted by Crippen LogP contribution is -2.42. The van der Waals surface area contributed by atoms with E-state index in [4.69, 9.17) is 0 Å². The van der Waals surface area contributed by atoms with Crippen molar-refractivity contribution in [2.45, 2.75) is 39.0 Å². The second kappa shape index (κ2) is 9.94. The number of likely N-dealkylation sites (tertiary alicyclic amines) is 1. The van der Waals surface area contributed by atoms with E-state index < -0.39 is 0 Å². The topological polar surface area (TPSA) is 32.3 Å². The Bertz CT molecular complexity index is 456. The number of nitrogens with one attached hydrogen (secondary N) is 1. The average molecular weight is 339 g/mol. The molecule has 4 heteroatoms. The highest BCUT2D eigenvalue weighted by atomic mass is 35.5. The van der Waals surface area contributed by atoms with Crippen LogP contribution in [0.2, 0.25) is 0 Å². The van der Waals surface area contributed by atoms with E-state index in [1.165, 1.54) is 6.42 Å². The Morgan fingerprint density at radius 2 is 1.83 bits per heavy atom. The highest BCUT2D eigenvalue weighted by molar-refractivity contribution is 5.85. The Hall–Kier alpha value is -1.06. The number of hydrogen-bond acceptors (Lipinski definition) is 2. The van der Waals surface area contributed by atoms with Crippen LogP contribution in [0.5, 0.6) is 0 Å². The molecule has 1 fully saturated rings. The van der Waals surface area contributed by atoms with Crippen LogP contribution in [-0.4, -0.2) is 37.5 Å². The molecule has 0 radical (unpaired) electrons. The SMILES string of the molecule is CNCCC1CCN(C(=O)C(c2ccccc2)C(C)C)CC1.Cl. The summed E-state index contributed by atoms with van der Waals surface area (Å²) in [6, 6.07) is 10.2. The molecule has 1 aromatic rings. The first-order chi connectivity index (χ1) is 10.6. The van der Waals surface area contributed by atoms with Gasteiger partial charge in [-0.25, -0.2) is 0 Å². The number of rotatable bonds is 6. The summed E-state index contributed by atoms with van der Waals surface area (Å²) in [6.07, 6.45) is 3.52. The summed E-state index contributed by atoms with van der Waals surface area (Å²) in [7, 11) is 2.01. The van der Waals surface area contributed by atoms with Crippen LogP contribution in [0.1, 0.15) is 44.6 Å². The third kappa shape index (κ3) is 5.50. The lowest BCUT2D eigenvalue weighted by molar-refractivity contribution is -0.135. The van der Waals surface area contributed by atoms with Gasteiger partial charge in [-0.3, -0.25) is 4.79 Å². The average Bonchev–Trinajstić information content (AvgIpc) is 2.54. The standard InChI is InChI=1S/C19H30N2O.ClH/c1-15(2)18(17-7-5-4-6-8-17)19(22)21-13-10-16(11-14-21)9-12-20-3;/h4-8,15-16,18,20H,9-14H2,1-3H3;1H. The van der Waals surface area contributed by atoms with E-state index in [0.29, 0.717) is 11.8 Å². The van der Waals surface area contributed by atoms with Gasteiger partial charge in [-0.2, -0.15) is 0 Å². The Morgan fingerprint density at radius 1 is 1.22 bits per heavy atom. The number of carbonyl (C=O) groups excluding carboxylic acids is 1. The molecule has 3 nitrogen and oxygen atoms in total. The highest BCUT2D eigenvalue weighted by Crippen LogP contribution is 2.29. The number of benzene rings is 1. The van der Waals surface area contributed by atoms with Crippen molar-refractivity contribution in [3.05, 3.63) is 35.9 Å². The molecule has 23 heavy (non-hydrogen) atoms. The molecule has 1 aliphatic heterocycles. The monoisotopic (exact) mass is 338 g/mol. The Labute approximate surface area is 147 Å². The van der Waals surface area contributed by atoms with Crippen LogP contribution < -0.4 is 5.32 Å². The first-order valence-electron chi connectivity index (χ1n) is 8.61. The van der Waals surface area contributed by atoms with Crippen molar-refractivity contribution in [1.82, 2.24) is 10.2 Å². The van der Waals surface area contributed by atoms with Crippen LogP contribution in [0.3, 0.4) is 0 Å². The fraction of sp³-hybridized carbons (Fsp3) is 0.632. The molecular formula is C19H31ClN2O. The van der Waals surface area contributed by atoms with Gasteiger partial charge in [0.2, 0.25) is 5.91 Å². The van der Waals surface area contributed by atoms with Gasteiger partial charge in [0.05, 0.1) is 5.92 Å². The van der Waals surface area contributed by atoms with Crippen molar-refractivity contribution < 1.29 is 4.79 Å².